The van der Waals surface area contributed by atoms with Gasteiger partial charge in [-0.3, -0.25) is 14.4 Å². The van der Waals surface area contributed by atoms with E-state index < -0.39 is 0 Å². The molecule has 136 valence electrons. The van der Waals surface area contributed by atoms with Crippen molar-refractivity contribution in [2.24, 2.45) is 7.05 Å². The summed E-state index contributed by atoms with van der Waals surface area (Å²) in [6, 6.07) is 4.37. The number of H-pyrrole nitrogens is 1. The number of aromatic nitrogens is 4. The standard InChI is InChI=1S/C18H22N6OS/c1-12-19-8-13(21-12)11-24-7-3-4-15(24)16-5-6-17(26-16)18(25)22-14-9-20-23(2)10-14/h5-6,8-10,15H,3-4,7,11H2,1-2H3,(H,19,21)(H,22,25)/t15-/m0/s1. The Morgan fingerprint density at radius 1 is 1.42 bits per heavy atom. The molecule has 3 aromatic heterocycles. The van der Waals surface area contributed by atoms with Crippen LogP contribution >= 0.6 is 11.3 Å². The Kier molecular flexibility index (Phi) is 4.60. The molecule has 7 nitrogen and oxygen atoms in total. The van der Waals surface area contributed by atoms with Gasteiger partial charge in [0, 0.05) is 42.6 Å². The number of aryl methyl sites for hydroxylation is 2. The molecule has 0 unspecified atom stereocenters. The maximum absolute atomic E-state index is 12.5. The molecule has 26 heavy (non-hydrogen) atoms. The van der Waals surface area contributed by atoms with E-state index in [9.17, 15) is 4.79 Å². The number of hydrogen-bond donors (Lipinski definition) is 2. The van der Waals surface area contributed by atoms with E-state index in [0.717, 1.165) is 35.9 Å². The number of carbonyl (C=O) groups excluding carboxylic acids is 1. The second kappa shape index (κ2) is 7.05. The van der Waals surface area contributed by atoms with Gasteiger partial charge in [-0.05, 0) is 38.4 Å². The fourth-order valence-corrected chi connectivity index (χ4v) is 4.51. The summed E-state index contributed by atoms with van der Waals surface area (Å²) in [5.41, 5.74) is 1.85. The molecule has 4 rings (SSSR count). The minimum Gasteiger partial charge on any atom is -0.345 e. The molecule has 0 radical (unpaired) electrons. The van der Waals surface area contributed by atoms with Crippen LogP contribution in [-0.4, -0.2) is 37.1 Å². The highest BCUT2D eigenvalue weighted by atomic mass is 32.1. The van der Waals surface area contributed by atoms with Gasteiger partial charge in [0.1, 0.15) is 5.82 Å². The number of amides is 1. The van der Waals surface area contributed by atoms with Crippen molar-refractivity contribution in [1.82, 2.24) is 24.6 Å². The summed E-state index contributed by atoms with van der Waals surface area (Å²) in [4.78, 5) is 24.5. The Labute approximate surface area is 156 Å². The lowest BCUT2D eigenvalue weighted by molar-refractivity contribution is 0.103. The van der Waals surface area contributed by atoms with Crippen molar-refractivity contribution in [2.75, 3.05) is 11.9 Å². The third-order valence-electron chi connectivity index (χ3n) is 4.63. The first-order valence-corrected chi connectivity index (χ1v) is 9.54. The van der Waals surface area contributed by atoms with Crippen LogP contribution < -0.4 is 5.32 Å². The highest BCUT2D eigenvalue weighted by Crippen LogP contribution is 2.36. The molecular weight excluding hydrogens is 348 g/mol. The van der Waals surface area contributed by atoms with Crippen LogP contribution in [0.3, 0.4) is 0 Å². The maximum atomic E-state index is 12.5. The quantitative estimate of drug-likeness (QED) is 0.723. The van der Waals surface area contributed by atoms with Crippen LogP contribution in [0.1, 0.15) is 45.0 Å². The van der Waals surface area contributed by atoms with Gasteiger partial charge in [0.25, 0.3) is 5.91 Å². The molecule has 0 bridgehead atoms. The van der Waals surface area contributed by atoms with Gasteiger partial charge in [-0.2, -0.15) is 5.10 Å². The number of thiophene rings is 1. The number of aromatic amines is 1. The Morgan fingerprint density at radius 2 is 2.31 bits per heavy atom. The van der Waals surface area contributed by atoms with E-state index in [2.05, 4.69) is 31.3 Å². The minimum absolute atomic E-state index is 0.0806. The largest absolute Gasteiger partial charge is 0.345 e. The Balaban J connectivity index is 1.45. The molecule has 1 saturated heterocycles. The average Bonchev–Trinajstić information content (AvgIpc) is 3.36. The zero-order chi connectivity index (χ0) is 18.1. The second-order valence-corrected chi connectivity index (χ2v) is 7.80. The van der Waals surface area contributed by atoms with E-state index in [1.54, 1.807) is 28.4 Å². The van der Waals surface area contributed by atoms with Crippen LogP contribution in [0.5, 0.6) is 0 Å². The summed E-state index contributed by atoms with van der Waals surface area (Å²) >= 11 is 1.58. The summed E-state index contributed by atoms with van der Waals surface area (Å²) < 4.78 is 1.67. The predicted molar refractivity (Wildman–Crippen MR) is 101 cm³/mol. The first-order valence-electron chi connectivity index (χ1n) is 8.73. The minimum atomic E-state index is -0.0806. The molecule has 1 atom stereocenters. The Morgan fingerprint density at radius 3 is 3.04 bits per heavy atom. The Bertz CT molecular complexity index is 910. The second-order valence-electron chi connectivity index (χ2n) is 6.68. The van der Waals surface area contributed by atoms with Crippen LogP contribution in [0.2, 0.25) is 0 Å². The lowest BCUT2D eigenvalue weighted by Crippen LogP contribution is -2.22. The summed E-state index contributed by atoms with van der Waals surface area (Å²) in [6.07, 6.45) is 7.64. The van der Waals surface area contributed by atoms with Gasteiger partial charge in [0.05, 0.1) is 16.8 Å². The van der Waals surface area contributed by atoms with Gasteiger partial charge < -0.3 is 10.3 Å². The van der Waals surface area contributed by atoms with Gasteiger partial charge in [-0.25, -0.2) is 4.98 Å². The van der Waals surface area contributed by atoms with Crippen molar-refractivity contribution >= 4 is 22.9 Å². The molecule has 4 heterocycles. The van der Waals surface area contributed by atoms with E-state index in [-0.39, 0.29) is 5.91 Å². The highest BCUT2D eigenvalue weighted by molar-refractivity contribution is 7.14. The third-order valence-corrected chi connectivity index (χ3v) is 5.82. The highest BCUT2D eigenvalue weighted by Gasteiger charge is 2.28. The number of hydrogen-bond acceptors (Lipinski definition) is 5. The number of rotatable bonds is 5. The summed E-state index contributed by atoms with van der Waals surface area (Å²) in [5.74, 6) is 0.865. The SMILES string of the molecule is Cc1ncc(CN2CCC[C@H]2c2ccc(C(=O)Nc3cnn(C)c3)s2)[nH]1. The molecule has 0 saturated carbocycles. The van der Waals surface area contributed by atoms with E-state index in [1.165, 1.54) is 11.3 Å². The molecule has 0 aromatic carbocycles. The van der Waals surface area contributed by atoms with Crippen LogP contribution in [0, 0.1) is 6.92 Å². The molecule has 2 N–H and O–H groups in total. The molecule has 1 amide bonds. The van der Waals surface area contributed by atoms with E-state index in [1.807, 2.05) is 26.2 Å². The fourth-order valence-electron chi connectivity index (χ4n) is 3.44. The van der Waals surface area contributed by atoms with Crippen molar-refractivity contribution in [3.8, 4) is 0 Å². The van der Waals surface area contributed by atoms with Crippen molar-refractivity contribution in [3.63, 3.8) is 0 Å². The number of anilines is 1. The van der Waals surface area contributed by atoms with Crippen molar-refractivity contribution < 1.29 is 4.79 Å². The fraction of sp³-hybridized carbons (Fsp3) is 0.389. The summed E-state index contributed by atoms with van der Waals surface area (Å²) in [7, 11) is 1.83. The van der Waals surface area contributed by atoms with Crippen LogP contribution in [0.25, 0.3) is 0 Å². The molecule has 0 aliphatic carbocycles. The van der Waals surface area contributed by atoms with E-state index in [0.29, 0.717) is 11.7 Å². The van der Waals surface area contributed by atoms with Gasteiger partial charge in [-0.15, -0.1) is 11.3 Å². The van der Waals surface area contributed by atoms with Gasteiger partial charge in [0.15, 0.2) is 0 Å². The molecule has 3 aromatic rings. The Hall–Kier alpha value is -2.45. The molecule has 8 heteroatoms. The van der Waals surface area contributed by atoms with E-state index in [4.69, 9.17) is 0 Å². The first kappa shape index (κ1) is 17.0. The predicted octanol–water partition coefficient (Wildman–Crippen LogP) is 3.10. The molecule has 1 fully saturated rings. The van der Waals surface area contributed by atoms with Crippen LogP contribution in [0.4, 0.5) is 5.69 Å². The third kappa shape index (κ3) is 3.56. The lowest BCUT2D eigenvalue weighted by Gasteiger charge is -2.22. The normalized spacial score (nSPS) is 17.7. The van der Waals surface area contributed by atoms with Gasteiger partial charge in [-0.1, -0.05) is 0 Å². The smallest absolute Gasteiger partial charge is 0.265 e. The zero-order valence-corrected chi connectivity index (χ0v) is 15.7. The summed E-state index contributed by atoms with van der Waals surface area (Å²) in [5, 5.41) is 6.97. The lowest BCUT2D eigenvalue weighted by atomic mass is 10.2. The van der Waals surface area contributed by atoms with Crippen LogP contribution in [-0.2, 0) is 13.6 Å². The number of likely N-dealkylation sites (tertiary alicyclic amines) is 1. The van der Waals surface area contributed by atoms with Crippen molar-refractivity contribution in [1.29, 1.82) is 0 Å². The maximum Gasteiger partial charge on any atom is 0.265 e. The summed E-state index contributed by atoms with van der Waals surface area (Å²) in [6.45, 7) is 3.90. The zero-order valence-electron chi connectivity index (χ0n) is 14.9. The van der Waals surface area contributed by atoms with Crippen molar-refractivity contribution in [3.05, 3.63) is 52.0 Å². The number of nitrogens with zero attached hydrogens (tertiary/aromatic N) is 4. The molecular formula is C18H22N6OS. The monoisotopic (exact) mass is 370 g/mol. The van der Waals surface area contributed by atoms with E-state index >= 15 is 0 Å². The van der Waals surface area contributed by atoms with Gasteiger partial charge >= 0.3 is 0 Å². The van der Waals surface area contributed by atoms with Gasteiger partial charge in [0.2, 0.25) is 0 Å². The first-order chi connectivity index (χ1) is 12.6. The molecule has 0 spiro atoms. The average molecular weight is 370 g/mol. The van der Waals surface area contributed by atoms with Crippen molar-refractivity contribution in [2.45, 2.75) is 32.4 Å². The number of imidazole rings is 1. The van der Waals surface area contributed by atoms with Crippen LogP contribution in [0.15, 0.2) is 30.7 Å². The number of nitrogens with one attached hydrogen (secondary N) is 2. The molecule has 1 aliphatic rings. The molecule has 1 aliphatic heterocycles. The number of carbonyl (C=O) groups is 1. The topological polar surface area (TPSA) is 78.8 Å².